The smallest absolute Gasteiger partial charge is 0.163 e. The van der Waals surface area contributed by atoms with Gasteiger partial charge < -0.3 is 14.8 Å². The van der Waals surface area contributed by atoms with Crippen molar-refractivity contribution in [2.24, 2.45) is 0 Å². The average molecular weight is 273 g/mol. The van der Waals surface area contributed by atoms with Gasteiger partial charge in [0.1, 0.15) is 0 Å². The van der Waals surface area contributed by atoms with Gasteiger partial charge in [-0.3, -0.25) is 0 Å². The summed E-state index contributed by atoms with van der Waals surface area (Å²) >= 11 is 0. The summed E-state index contributed by atoms with van der Waals surface area (Å²) in [7, 11) is 1.64. The third-order valence-electron chi connectivity index (χ3n) is 2.67. The minimum atomic E-state index is -0.800. The highest BCUT2D eigenvalue weighted by atomic mass is 19.2. The molecule has 0 aliphatic carbocycles. The largest absolute Gasteiger partial charge is 0.382 e. The molecule has 0 bridgehead atoms. The Labute approximate surface area is 112 Å². The lowest BCUT2D eigenvalue weighted by Gasteiger charge is -2.07. The quantitative estimate of drug-likeness (QED) is 0.664. The second kappa shape index (κ2) is 9.83. The number of halogens is 2. The molecule has 0 fully saturated rings. The number of hydrogen-bond donors (Lipinski definition) is 1. The van der Waals surface area contributed by atoms with Crippen molar-refractivity contribution in [3.63, 3.8) is 0 Å². The summed E-state index contributed by atoms with van der Waals surface area (Å²) in [6.07, 6.45) is 1.87. The molecule has 0 saturated carbocycles. The van der Waals surface area contributed by atoms with Crippen LogP contribution in [0.5, 0.6) is 0 Å². The Kier molecular flexibility index (Phi) is 8.29. The summed E-state index contributed by atoms with van der Waals surface area (Å²) in [5.74, 6) is -1.57. The van der Waals surface area contributed by atoms with Crippen LogP contribution in [-0.4, -0.2) is 33.5 Å². The van der Waals surface area contributed by atoms with Gasteiger partial charge in [0.25, 0.3) is 0 Å². The maximum Gasteiger partial charge on any atom is 0.163 e. The molecule has 1 aromatic carbocycles. The van der Waals surface area contributed by atoms with Crippen LogP contribution in [0.4, 0.5) is 8.78 Å². The molecule has 1 N–H and O–H groups in total. The molecule has 0 atom stereocenters. The molecule has 0 aliphatic heterocycles. The van der Waals surface area contributed by atoms with Gasteiger partial charge in [0, 0.05) is 25.8 Å². The van der Waals surface area contributed by atoms with Gasteiger partial charge in [-0.15, -0.1) is 0 Å². The summed E-state index contributed by atoms with van der Waals surface area (Å²) in [5.41, 5.74) is 0.358. The van der Waals surface area contributed by atoms with E-state index in [9.17, 15) is 8.78 Å². The molecule has 5 heteroatoms. The predicted octanol–water partition coefficient (Wildman–Crippen LogP) is 2.50. The fraction of sp³-hybridized carbons (Fsp3) is 0.571. The van der Waals surface area contributed by atoms with Gasteiger partial charge in [-0.25, -0.2) is 8.78 Å². The van der Waals surface area contributed by atoms with Crippen molar-refractivity contribution in [2.45, 2.75) is 19.4 Å². The van der Waals surface area contributed by atoms with Crippen LogP contribution in [0.25, 0.3) is 0 Å². The Bertz CT molecular complexity index is 361. The number of rotatable bonds is 10. The molecule has 108 valence electrons. The summed E-state index contributed by atoms with van der Waals surface area (Å²) < 4.78 is 36.4. The van der Waals surface area contributed by atoms with Gasteiger partial charge in [-0.05, 0) is 25.5 Å². The van der Waals surface area contributed by atoms with E-state index in [4.69, 9.17) is 9.47 Å². The highest BCUT2D eigenvalue weighted by molar-refractivity contribution is 5.18. The maximum atomic E-state index is 13.3. The summed E-state index contributed by atoms with van der Waals surface area (Å²) in [6.45, 7) is 3.01. The van der Waals surface area contributed by atoms with Crippen molar-refractivity contribution in [3.05, 3.63) is 35.4 Å². The van der Waals surface area contributed by atoms with E-state index in [1.165, 1.54) is 6.07 Å². The van der Waals surface area contributed by atoms with E-state index in [2.05, 4.69) is 5.32 Å². The zero-order valence-corrected chi connectivity index (χ0v) is 11.3. The highest BCUT2D eigenvalue weighted by Gasteiger charge is 2.06. The minimum Gasteiger partial charge on any atom is -0.382 e. The van der Waals surface area contributed by atoms with Crippen LogP contribution in [0.1, 0.15) is 18.4 Å². The number of hydrogen-bond acceptors (Lipinski definition) is 3. The normalized spacial score (nSPS) is 10.9. The number of ether oxygens (including phenoxy) is 2. The van der Waals surface area contributed by atoms with E-state index in [0.29, 0.717) is 31.9 Å². The lowest BCUT2D eigenvalue weighted by Crippen LogP contribution is -2.16. The second-order valence-corrected chi connectivity index (χ2v) is 4.20. The van der Waals surface area contributed by atoms with Gasteiger partial charge in [0.2, 0.25) is 0 Å². The first-order chi connectivity index (χ1) is 9.25. The summed E-state index contributed by atoms with van der Waals surface area (Å²) in [4.78, 5) is 0. The molecule has 0 unspecified atom stereocenters. The predicted molar refractivity (Wildman–Crippen MR) is 70.0 cm³/mol. The molecule has 0 heterocycles. The van der Waals surface area contributed by atoms with Crippen molar-refractivity contribution in [1.29, 1.82) is 0 Å². The summed E-state index contributed by atoms with van der Waals surface area (Å²) in [6, 6.07) is 4.22. The van der Waals surface area contributed by atoms with E-state index in [1.54, 1.807) is 13.2 Å². The number of methoxy groups -OCH3 is 1. The molecule has 0 aliphatic rings. The standard InChI is InChI=1S/C14H21F2NO2/c1-18-9-10-19-8-3-2-7-17-11-12-5-4-6-13(15)14(12)16/h4-6,17H,2-3,7-11H2,1H3. The zero-order valence-electron chi connectivity index (χ0n) is 11.3. The Balaban J connectivity index is 2.03. The Morgan fingerprint density at radius 1 is 1.11 bits per heavy atom. The van der Waals surface area contributed by atoms with E-state index < -0.39 is 11.6 Å². The zero-order chi connectivity index (χ0) is 13.9. The molecule has 1 rings (SSSR count). The Hall–Kier alpha value is -1.04. The lowest BCUT2D eigenvalue weighted by atomic mass is 10.2. The van der Waals surface area contributed by atoms with Gasteiger partial charge in [0.15, 0.2) is 11.6 Å². The van der Waals surface area contributed by atoms with Gasteiger partial charge in [-0.2, -0.15) is 0 Å². The molecule has 3 nitrogen and oxygen atoms in total. The Morgan fingerprint density at radius 3 is 2.74 bits per heavy atom. The number of nitrogens with one attached hydrogen (secondary N) is 1. The van der Waals surface area contributed by atoms with Crippen molar-refractivity contribution < 1.29 is 18.3 Å². The third-order valence-corrected chi connectivity index (χ3v) is 2.67. The number of unbranched alkanes of at least 4 members (excludes halogenated alkanes) is 1. The number of benzene rings is 1. The third kappa shape index (κ3) is 6.61. The monoisotopic (exact) mass is 273 g/mol. The van der Waals surface area contributed by atoms with Gasteiger partial charge in [0.05, 0.1) is 13.2 Å². The molecule has 1 aromatic rings. The van der Waals surface area contributed by atoms with Crippen LogP contribution >= 0.6 is 0 Å². The fourth-order valence-electron chi connectivity index (χ4n) is 1.61. The van der Waals surface area contributed by atoms with Crippen molar-refractivity contribution in [2.75, 3.05) is 33.5 Å². The van der Waals surface area contributed by atoms with Crippen LogP contribution in [0.3, 0.4) is 0 Å². The molecular weight excluding hydrogens is 252 g/mol. The van der Waals surface area contributed by atoms with Gasteiger partial charge in [-0.1, -0.05) is 12.1 Å². The molecule has 0 aromatic heterocycles. The van der Waals surface area contributed by atoms with Crippen LogP contribution in [-0.2, 0) is 16.0 Å². The SMILES string of the molecule is COCCOCCCCNCc1cccc(F)c1F. The molecule has 0 radical (unpaired) electrons. The highest BCUT2D eigenvalue weighted by Crippen LogP contribution is 2.10. The van der Waals surface area contributed by atoms with Crippen molar-refractivity contribution in [1.82, 2.24) is 5.32 Å². The van der Waals surface area contributed by atoms with E-state index in [1.807, 2.05) is 0 Å². The maximum absolute atomic E-state index is 13.3. The van der Waals surface area contributed by atoms with Crippen LogP contribution in [0.15, 0.2) is 18.2 Å². The molecule has 19 heavy (non-hydrogen) atoms. The minimum absolute atomic E-state index is 0.341. The van der Waals surface area contributed by atoms with Crippen LogP contribution in [0, 0.1) is 11.6 Å². The fourth-order valence-corrected chi connectivity index (χ4v) is 1.61. The van der Waals surface area contributed by atoms with Crippen molar-refractivity contribution >= 4 is 0 Å². The first-order valence-electron chi connectivity index (χ1n) is 6.46. The second-order valence-electron chi connectivity index (χ2n) is 4.20. The molecular formula is C14H21F2NO2. The molecule has 0 saturated heterocycles. The Morgan fingerprint density at radius 2 is 1.95 bits per heavy atom. The first kappa shape index (κ1) is 16.0. The lowest BCUT2D eigenvalue weighted by molar-refractivity contribution is 0.0688. The first-order valence-corrected chi connectivity index (χ1v) is 6.46. The van der Waals surface area contributed by atoms with Crippen LogP contribution < -0.4 is 5.32 Å². The van der Waals surface area contributed by atoms with E-state index in [0.717, 1.165) is 25.5 Å². The van der Waals surface area contributed by atoms with E-state index in [-0.39, 0.29) is 0 Å². The van der Waals surface area contributed by atoms with Crippen molar-refractivity contribution in [3.8, 4) is 0 Å². The molecule has 0 amide bonds. The topological polar surface area (TPSA) is 30.5 Å². The van der Waals surface area contributed by atoms with Crippen LogP contribution in [0.2, 0.25) is 0 Å². The van der Waals surface area contributed by atoms with E-state index >= 15 is 0 Å². The average Bonchev–Trinajstić information content (AvgIpc) is 2.41. The molecule has 0 spiro atoms. The van der Waals surface area contributed by atoms with Gasteiger partial charge >= 0.3 is 0 Å². The summed E-state index contributed by atoms with van der Waals surface area (Å²) in [5, 5.41) is 3.08.